The van der Waals surface area contributed by atoms with Gasteiger partial charge in [-0.3, -0.25) is 0 Å². The predicted molar refractivity (Wildman–Crippen MR) is 70.1 cm³/mol. The fourth-order valence-electron chi connectivity index (χ4n) is 2.46. The molecule has 1 aliphatic rings. The second kappa shape index (κ2) is 4.87. The van der Waals surface area contributed by atoms with E-state index in [1.807, 2.05) is 13.1 Å². The summed E-state index contributed by atoms with van der Waals surface area (Å²) in [6.45, 7) is 4.17. The number of nitrogens with two attached hydrogens (primary N) is 1. The van der Waals surface area contributed by atoms with E-state index < -0.39 is 0 Å². The summed E-state index contributed by atoms with van der Waals surface area (Å²) in [4.78, 5) is 13.0. The van der Waals surface area contributed by atoms with Crippen LogP contribution in [0.5, 0.6) is 0 Å². The van der Waals surface area contributed by atoms with E-state index in [0.29, 0.717) is 12.0 Å². The number of rotatable bonds is 3. The number of anilines is 2. The zero-order chi connectivity index (χ0) is 12.4. The highest BCUT2D eigenvalue weighted by atomic mass is 15.3. The molecule has 0 saturated carbocycles. The molecule has 1 atom stereocenters. The van der Waals surface area contributed by atoms with Gasteiger partial charge in [-0.25, -0.2) is 4.98 Å². The summed E-state index contributed by atoms with van der Waals surface area (Å²) < 4.78 is 0. The van der Waals surface area contributed by atoms with Crippen molar-refractivity contribution < 1.29 is 0 Å². The van der Waals surface area contributed by atoms with Crippen LogP contribution in [-0.4, -0.2) is 48.1 Å². The number of likely N-dealkylation sites (N-methyl/N-ethyl adjacent to an activating group) is 1. The van der Waals surface area contributed by atoms with E-state index in [0.717, 1.165) is 24.5 Å². The van der Waals surface area contributed by atoms with E-state index in [1.165, 1.54) is 12.8 Å². The van der Waals surface area contributed by atoms with Crippen molar-refractivity contribution in [1.82, 2.24) is 14.9 Å². The molecule has 2 N–H and O–H groups in total. The van der Waals surface area contributed by atoms with Gasteiger partial charge in [0.1, 0.15) is 5.82 Å². The lowest BCUT2D eigenvalue weighted by Crippen LogP contribution is -2.38. The highest BCUT2D eigenvalue weighted by Gasteiger charge is 2.27. The Bertz CT molecular complexity index is 390. The number of nitrogens with zero attached hydrogens (tertiary/aromatic N) is 4. The Balaban J connectivity index is 2.22. The van der Waals surface area contributed by atoms with Gasteiger partial charge in [-0.1, -0.05) is 0 Å². The molecule has 1 aromatic heterocycles. The maximum absolute atomic E-state index is 5.68. The molecule has 2 heterocycles. The molecular weight excluding hydrogens is 214 g/mol. The number of nitrogen functional groups attached to an aromatic ring is 1. The zero-order valence-electron chi connectivity index (χ0n) is 10.8. The van der Waals surface area contributed by atoms with Crippen LogP contribution >= 0.6 is 0 Å². The Labute approximate surface area is 103 Å². The minimum absolute atomic E-state index is 0.362. The van der Waals surface area contributed by atoms with Crippen LogP contribution in [0.3, 0.4) is 0 Å². The number of hydrogen-bond acceptors (Lipinski definition) is 5. The molecule has 17 heavy (non-hydrogen) atoms. The largest absolute Gasteiger partial charge is 0.368 e. The van der Waals surface area contributed by atoms with Gasteiger partial charge in [0.25, 0.3) is 0 Å². The normalized spacial score (nSPS) is 20.2. The molecule has 0 radical (unpaired) electrons. The molecule has 1 aliphatic heterocycles. The molecule has 0 amide bonds. The van der Waals surface area contributed by atoms with Crippen LogP contribution in [0.4, 0.5) is 11.8 Å². The molecule has 1 saturated heterocycles. The Morgan fingerprint density at radius 1 is 1.53 bits per heavy atom. The molecule has 1 aromatic rings. The van der Waals surface area contributed by atoms with Gasteiger partial charge in [-0.15, -0.1) is 0 Å². The molecule has 5 heteroatoms. The third kappa shape index (κ3) is 2.66. The highest BCUT2D eigenvalue weighted by Crippen LogP contribution is 2.26. The lowest BCUT2D eigenvalue weighted by Gasteiger charge is -2.29. The fourth-order valence-corrected chi connectivity index (χ4v) is 2.46. The molecule has 94 valence electrons. The second-order valence-corrected chi connectivity index (χ2v) is 4.99. The van der Waals surface area contributed by atoms with Crippen LogP contribution < -0.4 is 10.6 Å². The molecule has 1 fully saturated rings. The maximum Gasteiger partial charge on any atom is 0.221 e. The van der Waals surface area contributed by atoms with Crippen molar-refractivity contribution in [3.8, 4) is 0 Å². The summed E-state index contributed by atoms with van der Waals surface area (Å²) in [5, 5.41) is 0. The molecule has 0 spiro atoms. The third-order valence-corrected chi connectivity index (χ3v) is 3.19. The first-order valence-electron chi connectivity index (χ1n) is 6.08. The maximum atomic E-state index is 5.68. The summed E-state index contributed by atoms with van der Waals surface area (Å²) in [6, 6.07) is 0.540. The SMILES string of the molecule is Cc1cnc(N)nc1N1CCCC1CN(C)C. The van der Waals surface area contributed by atoms with Crippen LogP contribution in [0.25, 0.3) is 0 Å². The number of aryl methyl sites for hydroxylation is 1. The second-order valence-electron chi connectivity index (χ2n) is 4.99. The van der Waals surface area contributed by atoms with Gasteiger partial charge in [0.15, 0.2) is 0 Å². The monoisotopic (exact) mass is 235 g/mol. The molecule has 0 aliphatic carbocycles. The molecular formula is C12H21N5. The third-order valence-electron chi connectivity index (χ3n) is 3.19. The average Bonchev–Trinajstić information content (AvgIpc) is 2.69. The van der Waals surface area contributed by atoms with Crippen molar-refractivity contribution in [2.45, 2.75) is 25.8 Å². The summed E-state index contributed by atoms with van der Waals surface area (Å²) in [6.07, 6.45) is 4.26. The van der Waals surface area contributed by atoms with Crippen LogP contribution in [0.1, 0.15) is 18.4 Å². The molecule has 2 rings (SSSR count). The number of hydrogen-bond donors (Lipinski definition) is 1. The Kier molecular flexibility index (Phi) is 3.47. The summed E-state index contributed by atoms with van der Waals surface area (Å²) in [7, 11) is 4.22. The molecule has 0 bridgehead atoms. The van der Waals surface area contributed by atoms with E-state index in [1.54, 1.807) is 0 Å². The van der Waals surface area contributed by atoms with Gasteiger partial charge in [-0.2, -0.15) is 4.98 Å². The van der Waals surface area contributed by atoms with Crippen LogP contribution in [-0.2, 0) is 0 Å². The minimum atomic E-state index is 0.362. The van der Waals surface area contributed by atoms with Gasteiger partial charge < -0.3 is 15.5 Å². The first-order chi connectivity index (χ1) is 8.08. The smallest absolute Gasteiger partial charge is 0.221 e. The van der Waals surface area contributed by atoms with Gasteiger partial charge in [0.2, 0.25) is 5.95 Å². The summed E-state index contributed by atoms with van der Waals surface area (Å²) in [5.74, 6) is 1.36. The van der Waals surface area contributed by atoms with Crippen molar-refractivity contribution >= 4 is 11.8 Å². The lowest BCUT2D eigenvalue weighted by atomic mass is 10.2. The van der Waals surface area contributed by atoms with Crippen LogP contribution in [0, 0.1) is 6.92 Å². The lowest BCUT2D eigenvalue weighted by molar-refractivity contribution is 0.371. The fraction of sp³-hybridized carbons (Fsp3) is 0.667. The minimum Gasteiger partial charge on any atom is -0.368 e. The van der Waals surface area contributed by atoms with Gasteiger partial charge in [0, 0.05) is 30.9 Å². The predicted octanol–water partition coefficient (Wildman–Crippen LogP) is 0.898. The van der Waals surface area contributed by atoms with Crippen molar-refractivity contribution in [2.75, 3.05) is 37.8 Å². The Morgan fingerprint density at radius 2 is 2.29 bits per heavy atom. The summed E-state index contributed by atoms with van der Waals surface area (Å²) in [5.41, 5.74) is 6.78. The standard InChI is InChI=1S/C12H21N5/c1-9-7-14-12(13)15-11(9)17-6-4-5-10(17)8-16(2)3/h7,10H,4-6,8H2,1-3H3,(H2,13,14,15). The quantitative estimate of drug-likeness (QED) is 0.843. The van der Waals surface area contributed by atoms with Gasteiger partial charge in [0.05, 0.1) is 0 Å². The zero-order valence-corrected chi connectivity index (χ0v) is 10.8. The molecule has 1 unspecified atom stereocenters. The van der Waals surface area contributed by atoms with Gasteiger partial charge >= 0.3 is 0 Å². The topological polar surface area (TPSA) is 58.3 Å². The van der Waals surface area contributed by atoms with Crippen LogP contribution in [0.15, 0.2) is 6.20 Å². The molecule has 0 aromatic carbocycles. The van der Waals surface area contributed by atoms with E-state index in [-0.39, 0.29) is 0 Å². The molecule has 5 nitrogen and oxygen atoms in total. The van der Waals surface area contributed by atoms with E-state index in [2.05, 4.69) is 33.9 Å². The van der Waals surface area contributed by atoms with Gasteiger partial charge in [-0.05, 0) is 33.9 Å². The van der Waals surface area contributed by atoms with E-state index >= 15 is 0 Å². The Morgan fingerprint density at radius 3 is 3.00 bits per heavy atom. The Hall–Kier alpha value is -1.36. The number of aromatic nitrogens is 2. The first kappa shape index (κ1) is 12.1. The van der Waals surface area contributed by atoms with Crippen LogP contribution in [0.2, 0.25) is 0 Å². The van der Waals surface area contributed by atoms with Crippen molar-refractivity contribution in [1.29, 1.82) is 0 Å². The van der Waals surface area contributed by atoms with Crippen molar-refractivity contribution in [3.63, 3.8) is 0 Å². The van der Waals surface area contributed by atoms with E-state index in [9.17, 15) is 0 Å². The average molecular weight is 235 g/mol. The van der Waals surface area contributed by atoms with Crippen molar-refractivity contribution in [3.05, 3.63) is 11.8 Å². The summed E-state index contributed by atoms with van der Waals surface area (Å²) >= 11 is 0. The van der Waals surface area contributed by atoms with E-state index in [4.69, 9.17) is 5.73 Å². The van der Waals surface area contributed by atoms with Crippen molar-refractivity contribution in [2.24, 2.45) is 0 Å². The first-order valence-corrected chi connectivity index (χ1v) is 6.08. The highest BCUT2D eigenvalue weighted by molar-refractivity contribution is 5.49.